The van der Waals surface area contributed by atoms with Gasteiger partial charge in [-0.05, 0) is 55.4 Å². The van der Waals surface area contributed by atoms with Crippen molar-refractivity contribution >= 4 is 11.6 Å². The van der Waals surface area contributed by atoms with Gasteiger partial charge in [0.15, 0.2) is 0 Å². The number of carbonyl (C=O) groups is 1. The quantitative estimate of drug-likeness (QED) is 0.353. The van der Waals surface area contributed by atoms with E-state index in [1.54, 1.807) is 29.0 Å². The summed E-state index contributed by atoms with van der Waals surface area (Å²) in [5.41, 5.74) is 6.82. The van der Waals surface area contributed by atoms with Crippen LogP contribution < -0.4 is 10.5 Å². The Morgan fingerprint density at radius 2 is 1.90 bits per heavy atom. The number of aryl methyl sites for hydroxylation is 3. The fourth-order valence-electron chi connectivity index (χ4n) is 6.06. The minimum Gasteiger partial charge on any atom is -0.396 e. The lowest BCUT2D eigenvalue weighted by atomic mass is 9.98. The Bertz CT molecular complexity index is 1630. The molecule has 4 heterocycles. The lowest BCUT2D eigenvalue weighted by Crippen LogP contribution is -2.41. The molecule has 0 unspecified atom stereocenters. The predicted molar refractivity (Wildman–Crippen MR) is 150 cm³/mol. The van der Waals surface area contributed by atoms with Crippen molar-refractivity contribution in [3.05, 3.63) is 87.0 Å². The third kappa shape index (κ3) is 4.67. The van der Waals surface area contributed by atoms with Gasteiger partial charge in [-0.25, -0.2) is 4.98 Å². The van der Waals surface area contributed by atoms with E-state index in [0.29, 0.717) is 54.1 Å². The van der Waals surface area contributed by atoms with Crippen LogP contribution in [0.5, 0.6) is 0 Å². The number of aliphatic hydroxyl groups excluding tert-OH is 2. The Balaban J connectivity index is 1.34. The Hall–Kier alpha value is -4.02. The van der Waals surface area contributed by atoms with Crippen LogP contribution in [0, 0.1) is 0 Å². The molecule has 10 nitrogen and oxygen atoms in total. The van der Waals surface area contributed by atoms with Gasteiger partial charge in [0.25, 0.3) is 11.5 Å². The first kappa shape index (κ1) is 26.2. The highest BCUT2D eigenvalue weighted by molar-refractivity contribution is 6.07. The monoisotopic (exact) mass is 542 g/mol. The molecule has 0 spiro atoms. The van der Waals surface area contributed by atoms with Gasteiger partial charge < -0.3 is 24.2 Å². The lowest BCUT2D eigenvalue weighted by molar-refractivity contribution is 0.0964. The van der Waals surface area contributed by atoms with Crippen LogP contribution in [0.25, 0.3) is 11.3 Å². The molecule has 0 saturated heterocycles. The summed E-state index contributed by atoms with van der Waals surface area (Å²) in [6.07, 6.45) is 10.5. The van der Waals surface area contributed by atoms with Gasteiger partial charge in [0.05, 0.1) is 24.2 Å². The number of benzene rings is 1. The number of carbonyl (C=O) groups excluding carboxylic acids is 1. The summed E-state index contributed by atoms with van der Waals surface area (Å²) in [6, 6.07) is 7.66. The molecule has 4 aromatic rings. The van der Waals surface area contributed by atoms with Crippen molar-refractivity contribution in [1.82, 2.24) is 23.9 Å². The molecule has 1 aliphatic heterocycles. The first-order chi connectivity index (χ1) is 19.5. The second-order valence-electron chi connectivity index (χ2n) is 10.6. The van der Waals surface area contributed by atoms with E-state index in [2.05, 4.69) is 15.7 Å². The van der Waals surface area contributed by atoms with Gasteiger partial charge in [0.2, 0.25) is 0 Å². The van der Waals surface area contributed by atoms with E-state index in [-0.39, 0.29) is 24.7 Å². The van der Waals surface area contributed by atoms with Gasteiger partial charge in [-0.15, -0.1) is 0 Å². The molecule has 2 N–H and O–H groups in total. The molecule has 1 aliphatic carbocycles. The zero-order valence-corrected chi connectivity index (χ0v) is 22.7. The van der Waals surface area contributed by atoms with Crippen LogP contribution in [0.15, 0.2) is 47.7 Å². The van der Waals surface area contributed by atoms with Gasteiger partial charge in [-0.2, -0.15) is 5.10 Å². The maximum Gasteiger partial charge on any atom is 0.274 e. The van der Waals surface area contributed by atoms with E-state index >= 15 is 0 Å². The number of aliphatic hydroxyl groups is 2. The van der Waals surface area contributed by atoms with Crippen LogP contribution >= 0.6 is 0 Å². The molecule has 10 heteroatoms. The van der Waals surface area contributed by atoms with E-state index < -0.39 is 0 Å². The minimum absolute atomic E-state index is 0.0557. The lowest BCUT2D eigenvalue weighted by Gasteiger charge is -2.31. The summed E-state index contributed by atoms with van der Waals surface area (Å²) in [7, 11) is 1.69. The Kier molecular flexibility index (Phi) is 7.12. The number of nitrogens with zero attached hydrogens (tertiary/aromatic N) is 6. The number of amides is 1. The minimum atomic E-state index is -0.274. The molecular formula is C30H34N6O4. The molecule has 0 radical (unpaired) electrons. The zero-order valence-electron chi connectivity index (χ0n) is 22.7. The third-order valence-electron chi connectivity index (χ3n) is 8.04. The molecule has 6 rings (SSSR count). The second-order valence-corrected chi connectivity index (χ2v) is 10.6. The molecular weight excluding hydrogens is 508 g/mol. The van der Waals surface area contributed by atoms with Crippen molar-refractivity contribution in [2.75, 3.05) is 18.1 Å². The third-order valence-corrected chi connectivity index (χ3v) is 8.04. The fourth-order valence-corrected chi connectivity index (χ4v) is 6.06. The molecule has 0 fully saturated rings. The smallest absolute Gasteiger partial charge is 0.274 e. The summed E-state index contributed by atoms with van der Waals surface area (Å²) in [5.74, 6) is -0.0557. The number of anilines is 1. The molecule has 40 heavy (non-hydrogen) atoms. The first-order valence-electron chi connectivity index (χ1n) is 13.9. The summed E-state index contributed by atoms with van der Waals surface area (Å²) < 4.78 is 5.43. The van der Waals surface area contributed by atoms with E-state index in [0.717, 1.165) is 43.5 Å². The van der Waals surface area contributed by atoms with Gasteiger partial charge in [-0.3, -0.25) is 14.3 Å². The van der Waals surface area contributed by atoms with Crippen molar-refractivity contribution in [2.45, 2.75) is 58.2 Å². The van der Waals surface area contributed by atoms with Crippen LogP contribution in [0.4, 0.5) is 5.69 Å². The zero-order chi connectivity index (χ0) is 27.8. The predicted octanol–water partition coefficient (Wildman–Crippen LogP) is 2.45. The summed E-state index contributed by atoms with van der Waals surface area (Å²) in [5, 5.41) is 23.9. The molecule has 1 aromatic carbocycles. The Morgan fingerprint density at radius 1 is 1.05 bits per heavy atom. The van der Waals surface area contributed by atoms with E-state index in [1.165, 1.54) is 15.8 Å². The van der Waals surface area contributed by atoms with Crippen molar-refractivity contribution < 1.29 is 15.0 Å². The van der Waals surface area contributed by atoms with Crippen LogP contribution in [0.2, 0.25) is 0 Å². The number of hydrogen-bond donors (Lipinski definition) is 2. The summed E-state index contributed by atoms with van der Waals surface area (Å²) in [4.78, 5) is 33.2. The summed E-state index contributed by atoms with van der Waals surface area (Å²) >= 11 is 0. The summed E-state index contributed by atoms with van der Waals surface area (Å²) in [6.45, 7) is 1.65. The molecule has 1 amide bonds. The number of aromatic nitrogens is 5. The Labute approximate surface area is 232 Å². The van der Waals surface area contributed by atoms with Gasteiger partial charge in [0, 0.05) is 68.9 Å². The molecule has 0 atom stereocenters. The molecule has 0 bridgehead atoms. The van der Waals surface area contributed by atoms with Crippen LogP contribution in [0.1, 0.15) is 57.8 Å². The topological polar surface area (TPSA) is 118 Å². The molecule has 2 aliphatic rings. The van der Waals surface area contributed by atoms with E-state index in [1.807, 2.05) is 24.4 Å². The largest absolute Gasteiger partial charge is 0.396 e. The van der Waals surface area contributed by atoms with Gasteiger partial charge in [0.1, 0.15) is 11.4 Å². The molecule has 208 valence electrons. The van der Waals surface area contributed by atoms with Gasteiger partial charge >= 0.3 is 0 Å². The molecule has 0 saturated carbocycles. The van der Waals surface area contributed by atoms with Crippen LogP contribution in [-0.2, 0) is 46.0 Å². The Morgan fingerprint density at radius 3 is 2.73 bits per heavy atom. The highest BCUT2D eigenvalue weighted by Gasteiger charge is 2.31. The van der Waals surface area contributed by atoms with Crippen molar-refractivity contribution in [2.24, 2.45) is 7.05 Å². The molecule has 3 aromatic heterocycles. The van der Waals surface area contributed by atoms with Crippen LogP contribution in [0.3, 0.4) is 0 Å². The van der Waals surface area contributed by atoms with Gasteiger partial charge in [-0.1, -0.05) is 12.1 Å². The maximum atomic E-state index is 13.7. The van der Waals surface area contributed by atoms with Crippen molar-refractivity contribution in [1.29, 1.82) is 0 Å². The normalized spacial score (nSPS) is 14.9. The SMILES string of the molecule is Cn1cc(-c2cccc(N3CCn4c(cc5c4CCCC5)C3=O)c2CO)nc(Cc2cnn(CCCO)c2)c1=O. The second kappa shape index (κ2) is 10.9. The van der Waals surface area contributed by atoms with E-state index in [9.17, 15) is 14.7 Å². The van der Waals surface area contributed by atoms with Crippen molar-refractivity contribution in [3.8, 4) is 11.3 Å². The number of rotatable bonds is 8. The highest BCUT2D eigenvalue weighted by Crippen LogP contribution is 2.34. The van der Waals surface area contributed by atoms with Crippen LogP contribution in [-0.4, -0.2) is 53.2 Å². The van der Waals surface area contributed by atoms with Crippen molar-refractivity contribution in [3.63, 3.8) is 0 Å². The standard InChI is InChI=1S/C30H34N6O4/c1-33-18-25(32-24(29(33)39)14-20-16-31-34(17-20)10-5-13-37)22-7-4-9-27(23(22)19-38)36-12-11-35-26-8-3-2-6-21(26)15-28(35)30(36)40/h4,7,9,15-18,37-38H,2-3,5-6,8,10-14,19H2,1H3. The average Bonchev–Trinajstić information content (AvgIpc) is 3.58. The number of fused-ring (bicyclic) bond motifs is 3. The number of hydrogen-bond acceptors (Lipinski definition) is 6. The maximum absolute atomic E-state index is 13.7. The fraction of sp³-hybridized carbons (Fsp3) is 0.400. The highest BCUT2D eigenvalue weighted by atomic mass is 16.3. The van der Waals surface area contributed by atoms with E-state index in [4.69, 9.17) is 10.1 Å². The first-order valence-corrected chi connectivity index (χ1v) is 13.9. The average molecular weight is 543 g/mol.